The van der Waals surface area contributed by atoms with Crippen LogP contribution in [-0.2, 0) is 19.3 Å². The second-order valence-electron chi connectivity index (χ2n) is 5.06. The van der Waals surface area contributed by atoms with Crippen molar-refractivity contribution in [3.63, 3.8) is 0 Å². The Labute approximate surface area is 141 Å². The average Bonchev–Trinajstić information content (AvgIpc) is 2.53. The van der Waals surface area contributed by atoms with E-state index >= 15 is 0 Å². The summed E-state index contributed by atoms with van der Waals surface area (Å²) in [5, 5.41) is 39.7. The van der Waals surface area contributed by atoms with Crippen LogP contribution >= 0.6 is 0 Å². The van der Waals surface area contributed by atoms with Crippen molar-refractivity contribution in [3.05, 3.63) is 34.4 Å². The minimum absolute atomic E-state index is 0.0216. The van der Waals surface area contributed by atoms with E-state index in [1.807, 2.05) is 0 Å². The predicted octanol–water partition coefficient (Wildman–Crippen LogP) is -1.40. The average molecular weight is 381 g/mol. The van der Waals surface area contributed by atoms with Crippen molar-refractivity contribution in [1.82, 2.24) is 0 Å². The highest BCUT2D eigenvalue weighted by molar-refractivity contribution is 7.80. The fourth-order valence-electron chi connectivity index (χ4n) is 2.19. The lowest BCUT2D eigenvalue weighted by molar-refractivity contribution is -0.384. The van der Waals surface area contributed by atoms with Gasteiger partial charge in [0.2, 0.25) is 6.29 Å². The first-order chi connectivity index (χ1) is 11.6. The Kier molecular flexibility index (Phi) is 5.89. The smallest absolute Gasteiger partial charge is 0.397 e. The molecule has 0 radical (unpaired) electrons. The number of rotatable bonds is 6. The minimum Gasteiger partial charge on any atom is -0.462 e. The molecule has 0 saturated carbocycles. The molecule has 140 valence electrons. The van der Waals surface area contributed by atoms with Crippen LogP contribution in [0.2, 0.25) is 0 Å². The van der Waals surface area contributed by atoms with Crippen molar-refractivity contribution in [2.24, 2.45) is 0 Å². The standard InChI is InChI=1S/C12H15NO11S/c14-5-8-9(15)11(24-25(19,20)21)10(16)12(23-8)22-7-3-1-6(2-4-7)13(17)18/h1-4,8-12,14-16H,5H2,(H,19,20,21)/t8-,9+,10-,11+,12-/m1/s1. The summed E-state index contributed by atoms with van der Waals surface area (Å²) < 4.78 is 45.1. The summed E-state index contributed by atoms with van der Waals surface area (Å²) in [6.07, 6.45) is -8.48. The Morgan fingerprint density at radius 3 is 2.28 bits per heavy atom. The first kappa shape index (κ1) is 19.5. The molecule has 1 fully saturated rings. The molecular formula is C12H15NO11S. The number of hydrogen-bond donors (Lipinski definition) is 4. The molecule has 1 saturated heterocycles. The van der Waals surface area contributed by atoms with Gasteiger partial charge in [-0.3, -0.25) is 14.7 Å². The molecule has 1 aliphatic heterocycles. The number of nitro groups is 1. The summed E-state index contributed by atoms with van der Waals surface area (Å²) in [6, 6.07) is 4.64. The zero-order chi connectivity index (χ0) is 18.8. The van der Waals surface area contributed by atoms with Gasteiger partial charge in [-0.2, -0.15) is 8.42 Å². The van der Waals surface area contributed by atoms with Crippen molar-refractivity contribution >= 4 is 16.1 Å². The van der Waals surface area contributed by atoms with Gasteiger partial charge >= 0.3 is 10.4 Å². The Bertz CT molecular complexity index is 706. The van der Waals surface area contributed by atoms with E-state index in [1.165, 1.54) is 12.1 Å². The Morgan fingerprint density at radius 1 is 1.20 bits per heavy atom. The maximum absolute atomic E-state index is 10.9. The largest absolute Gasteiger partial charge is 0.462 e. The molecule has 1 aromatic rings. The lowest BCUT2D eigenvalue weighted by Crippen LogP contribution is -2.61. The minimum atomic E-state index is -5.02. The first-order valence-corrected chi connectivity index (χ1v) is 8.18. The van der Waals surface area contributed by atoms with E-state index < -0.39 is 52.6 Å². The molecule has 13 heteroatoms. The number of aliphatic hydroxyl groups is 3. The van der Waals surface area contributed by atoms with Gasteiger partial charge in [0.15, 0.2) is 0 Å². The van der Waals surface area contributed by atoms with Gasteiger partial charge in [-0.15, -0.1) is 0 Å². The van der Waals surface area contributed by atoms with Crippen LogP contribution in [0.3, 0.4) is 0 Å². The van der Waals surface area contributed by atoms with Crippen LogP contribution in [0.15, 0.2) is 24.3 Å². The second kappa shape index (κ2) is 7.57. The van der Waals surface area contributed by atoms with Crippen LogP contribution in [0.1, 0.15) is 0 Å². The molecule has 2 rings (SSSR count). The topological polar surface area (TPSA) is 186 Å². The summed E-state index contributed by atoms with van der Waals surface area (Å²) in [4.78, 5) is 9.96. The molecule has 1 aliphatic rings. The lowest BCUT2D eigenvalue weighted by atomic mass is 9.99. The summed E-state index contributed by atoms with van der Waals surface area (Å²) in [5.74, 6) is 0.0216. The molecule has 1 heterocycles. The van der Waals surface area contributed by atoms with Crippen LogP contribution in [0.25, 0.3) is 0 Å². The molecule has 1 aromatic carbocycles. The summed E-state index contributed by atoms with van der Waals surface area (Å²) in [5.41, 5.74) is -0.214. The van der Waals surface area contributed by atoms with Crippen LogP contribution < -0.4 is 4.74 Å². The second-order valence-corrected chi connectivity index (χ2v) is 6.11. The highest BCUT2D eigenvalue weighted by Crippen LogP contribution is 2.27. The molecule has 0 aromatic heterocycles. The fourth-order valence-corrected chi connectivity index (χ4v) is 2.69. The Hall–Kier alpha value is -1.87. The Balaban J connectivity index is 2.19. The molecule has 25 heavy (non-hydrogen) atoms. The number of hydrogen-bond acceptors (Lipinski definition) is 10. The van der Waals surface area contributed by atoms with Crippen molar-refractivity contribution in [1.29, 1.82) is 0 Å². The quantitative estimate of drug-likeness (QED) is 0.258. The third-order valence-corrected chi connectivity index (χ3v) is 3.82. The van der Waals surface area contributed by atoms with Crippen molar-refractivity contribution in [2.45, 2.75) is 30.7 Å². The molecule has 0 spiro atoms. The van der Waals surface area contributed by atoms with Gasteiger partial charge < -0.3 is 24.8 Å². The zero-order valence-electron chi connectivity index (χ0n) is 12.4. The van der Waals surface area contributed by atoms with Crippen LogP contribution in [0, 0.1) is 10.1 Å². The number of aliphatic hydroxyl groups excluding tert-OH is 3. The number of ether oxygens (including phenoxy) is 2. The monoisotopic (exact) mass is 381 g/mol. The van der Waals surface area contributed by atoms with E-state index in [4.69, 9.17) is 14.0 Å². The molecule has 0 aliphatic carbocycles. The molecule has 12 nitrogen and oxygen atoms in total. The first-order valence-electron chi connectivity index (χ1n) is 6.81. The summed E-state index contributed by atoms with van der Waals surface area (Å²) >= 11 is 0. The van der Waals surface area contributed by atoms with Gasteiger partial charge in [-0.25, -0.2) is 4.18 Å². The van der Waals surface area contributed by atoms with E-state index in [0.717, 1.165) is 12.1 Å². The Morgan fingerprint density at radius 2 is 1.80 bits per heavy atom. The van der Waals surface area contributed by atoms with Gasteiger partial charge in [0, 0.05) is 12.1 Å². The predicted molar refractivity (Wildman–Crippen MR) is 77.9 cm³/mol. The third kappa shape index (κ3) is 4.82. The number of non-ortho nitro benzene ring substituents is 1. The van der Waals surface area contributed by atoms with E-state index in [2.05, 4.69) is 4.18 Å². The van der Waals surface area contributed by atoms with E-state index in [0.29, 0.717) is 0 Å². The van der Waals surface area contributed by atoms with E-state index in [1.54, 1.807) is 0 Å². The number of nitro benzene ring substituents is 1. The maximum Gasteiger partial charge on any atom is 0.397 e. The van der Waals surface area contributed by atoms with Gasteiger partial charge in [0.1, 0.15) is 30.2 Å². The van der Waals surface area contributed by atoms with Crippen LogP contribution in [0.5, 0.6) is 5.75 Å². The van der Waals surface area contributed by atoms with Gasteiger partial charge in [0.25, 0.3) is 5.69 Å². The molecule has 0 unspecified atom stereocenters. The number of benzene rings is 1. The zero-order valence-corrected chi connectivity index (χ0v) is 13.2. The van der Waals surface area contributed by atoms with Crippen molar-refractivity contribution in [3.8, 4) is 5.75 Å². The summed E-state index contributed by atoms with van der Waals surface area (Å²) in [7, 11) is -5.02. The lowest BCUT2D eigenvalue weighted by Gasteiger charge is -2.40. The van der Waals surface area contributed by atoms with Gasteiger partial charge in [0.05, 0.1) is 11.5 Å². The van der Waals surface area contributed by atoms with E-state index in [-0.39, 0.29) is 11.4 Å². The fraction of sp³-hybridized carbons (Fsp3) is 0.500. The molecule has 0 bridgehead atoms. The number of nitrogens with zero attached hydrogens (tertiary/aromatic N) is 1. The van der Waals surface area contributed by atoms with Crippen molar-refractivity contribution in [2.75, 3.05) is 6.61 Å². The van der Waals surface area contributed by atoms with Gasteiger partial charge in [-0.1, -0.05) is 0 Å². The SMILES string of the molecule is O=[N+]([O-])c1ccc(O[C@@H]2O[C@H](CO)[C@H](O)[C@H](OS(=O)(=O)O)[C@H]2O)cc1. The van der Waals surface area contributed by atoms with E-state index in [9.17, 15) is 33.9 Å². The normalized spacial score (nSPS) is 30.0. The highest BCUT2D eigenvalue weighted by Gasteiger charge is 2.48. The van der Waals surface area contributed by atoms with Gasteiger partial charge in [-0.05, 0) is 12.1 Å². The molecule has 4 N–H and O–H groups in total. The molecule has 0 amide bonds. The van der Waals surface area contributed by atoms with Crippen molar-refractivity contribution < 1.29 is 46.9 Å². The summed E-state index contributed by atoms with van der Waals surface area (Å²) in [6.45, 7) is -0.765. The maximum atomic E-state index is 10.9. The molecular weight excluding hydrogens is 366 g/mol. The van der Waals surface area contributed by atoms with Crippen LogP contribution in [0.4, 0.5) is 5.69 Å². The third-order valence-electron chi connectivity index (χ3n) is 3.35. The highest BCUT2D eigenvalue weighted by atomic mass is 32.3. The van der Waals surface area contributed by atoms with Crippen LogP contribution in [-0.4, -0.2) is 70.5 Å². The molecule has 5 atom stereocenters.